The summed E-state index contributed by atoms with van der Waals surface area (Å²) in [7, 11) is 1.60. The van der Waals surface area contributed by atoms with E-state index in [9.17, 15) is 23.9 Å². The molecule has 3 N–H and O–H groups in total. The molecular formula is C26H30FN5O4. The van der Waals surface area contributed by atoms with Gasteiger partial charge in [0, 0.05) is 19.3 Å². The van der Waals surface area contributed by atoms with Gasteiger partial charge in [0.1, 0.15) is 17.2 Å². The van der Waals surface area contributed by atoms with Gasteiger partial charge < -0.3 is 20.6 Å². The van der Waals surface area contributed by atoms with Crippen molar-refractivity contribution < 1.29 is 14.3 Å². The normalized spacial score (nSPS) is 15.7. The fourth-order valence-corrected chi connectivity index (χ4v) is 4.68. The molecule has 9 nitrogen and oxygen atoms in total. The molecule has 190 valence electrons. The molecule has 3 aromatic rings. The lowest BCUT2D eigenvalue weighted by molar-refractivity contribution is 0.0746. The fraction of sp³-hybridized carbons (Fsp3) is 0.423. The monoisotopic (exact) mass is 495 g/mol. The van der Waals surface area contributed by atoms with Gasteiger partial charge in [0.15, 0.2) is 11.4 Å². The average Bonchev–Trinajstić information content (AvgIpc) is 3.31. The summed E-state index contributed by atoms with van der Waals surface area (Å²) in [6, 6.07) is 3.76. The predicted octanol–water partition coefficient (Wildman–Crippen LogP) is 3.87. The molecule has 1 amide bonds. The summed E-state index contributed by atoms with van der Waals surface area (Å²) in [5.41, 5.74) is -1.20. The standard InChI is InChI=1S/C26H30FN5O4/c1-14(2)32(4)25(36)20-21(33)16(9-12-28-20)30-18-19(23(35)22(18)34)31-24(26(3)10-5-6-11-26)17-8-7-15(27)13-29-17/h7-9,12-14,24,31,33H,5-6,10-11H2,1-4H3,(H,28,30)/t24-/m0/s1. The van der Waals surface area contributed by atoms with Crippen molar-refractivity contribution in [2.24, 2.45) is 5.41 Å². The van der Waals surface area contributed by atoms with Gasteiger partial charge in [-0.05, 0) is 50.3 Å². The van der Waals surface area contributed by atoms with E-state index in [0.717, 1.165) is 31.9 Å². The molecule has 36 heavy (non-hydrogen) atoms. The number of hydrogen-bond donors (Lipinski definition) is 3. The second-order valence-electron chi connectivity index (χ2n) is 9.94. The summed E-state index contributed by atoms with van der Waals surface area (Å²) in [6.07, 6.45) is 6.25. The van der Waals surface area contributed by atoms with E-state index in [1.807, 2.05) is 13.8 Å². The summed E-state index contributed by atoms with van der Waals surface area (Å²) in [4.78, 5) is 47.5. The van der Waals surface area contributed by atoms with Crippen LogP contribution >= 0.6 is 0 Å². The summed E-state index contributed by atoms with van der Waals surface area (Å²) in [6.45, 7) is 5.74. The second kappa shape index (κ2) is 9.67. The van der Waals surface area contributed by atoms with Crippen LogP contribution in [0, 0.1) is 11.2 Å². The van der Waals surface area contributed by atoms with E-state index >= 15 is 0 Å². The minimum atomic E-state index is -0.747. The van der Waals surface area contributed by atoms with Crippen molar-refractivity contribution in [3.05, 3.63) is 68.2 Å². The molecule has 0 unspecified atom stereocenters. The van der Waals surface area contributed by atoms with Crippen molar-refractivity contribution in [2.75, 3.05) is 17.7 Å². The first-order chi connectivity index (χ1) is 17.0. The zero-order chi connectivity index (χ0) is 26.2. The van der Waals surface area contributed by atoms with Crippen LogP contribution in [0.1, 0.15) is 68.7 Å². The SMILES string of the molecule is CC(C)N(C)C(=O)c1nccc(Nc2c(N[C@@H](c3ccc(F)cn3)C3(C)CCCC3)c(=O)c2=O)c1O. The van der Waals surface area contributed by atoms with Crippen molar-refractivity contribution in [2.45, 2.75) is 58.5 Å². The molecule has 0 aliphatic heterocycles. The Morgan fingerprint density at radius 2 is 1.78 bits per heavy atom. The Morgan fingerprint density at radius 3 is 2.39 bits per heavy atom. The lowest BCUT2D eigenvalue weighted by Gasteiger charge is -2.35. The third kappa shape index (κ3) is 4.55. The molecule has 1 aromatic carbocycles. The van der Waals surface area contributed by atoms with E-state index in [1.165, 1.54) is 23.2 Å². The predicted molar refractivity (Wildman–Crippen MR) is 135 cm³/mol. The summed E-state index contributed by atoms with van der Waals surface area (Å²) < 4.78 is 13.5. The molecule has 1 aliphatic rings. The smallest absolute Gasteiger partial charge is 0.276 e. The van der Waals surface area contributed by atoms with Crippen LogP contribution in [-0.4, -0.2) is 39.0 Å². The maximum absolute atomic E-state index is 13.5. The fourth-order valence-electron chi connectivity index (χ4n) is 4.68. The van der Waals surface area contributed by atoms with Crippen molar-refractivity contribution in [1.82, 2.24) is 14.9 Å². The Hall–Kier alpha value is -3.82. The minimum Gasteiger partial charge on any atom is -0.504 e. The van der Waals surface area contributed by atoms with Gasteiger partial charge in [-0.25, -0.2) is 9.37 Å². The maximum Gasteiger partial charge on any atom is 0.276 e. The Labute approximate surface area is 208 Å². The molecule has 1 saturated carbocycles. The Bertz CT molecular complexity index is 1340. The van der Waals surface area contributed by atoms with Gasteiger partial charge >= 0.3 is 0 Å². The van der Waals surface area contributed by atoms with E-state index in [1.54, 1.807) is 13.1 Å². The van der Waals surface area contributed by atoms with Gasteiger partial charge in [-0.3, -0.25) is 19.4 Å². The number of rotatable bonds is 8. The summed E-state index contributed by atoms with van der Waals surface area (Å²) in [5, 5.41) is 16.8. The third-order valence-electron chi connectivity index (χ3n) is 7.17. The first kappa shape index (κ1) is 25.3. The highest BCUT2D eigenvalue weighted by molar-refractivity contribution is 5.97. The van der Waals surface area contributed by atoms with E-state index in [2.05, 4.69) is 27.5 Å². The maximum atomic E-state index is 13.5. The second-order valence-corrected chi connectivity index (χ2v) is 9.94. The highest BCUT2D eigenvalue weighted by Gasteiger charge is 2.40. The quantitative estimate of drug-likeness (QED) is 0.402. The number of amides is 1. The van der Waals surface area contributed by atoms with E-state index in [0.29, 0.717) is 5.69 Å². The molecule has 0 bridgehead atoms. The zero-order valence-corrected chi connectivity index (χ0v) is 20.8. The average molecular weight is 496 g/mol. The van der Waals surface area contributed by atoms with Crippen LogP contribution in [0.2, 0.25) is 0 Å². The van der Waals surface area contributed by atoms with Gasteiger partial charge in [0.25, 0.3) is 16.8 Å². The molecular weight excluding hydrogens is 465 g/mol. The minimum absolute atomic E-state index is 0.0224. The van der Waals surface area contributed by atoms with Crippen molar-refractivity contribution in [3.8, 4) is 5.75 Å². The number of carbonyl (C=O) groups is 1. The largest absolute Gasteiger partial charge is 0.504 e. The molecule has 2 heterocycles. The lowest BCUT2D eigenvalue weighted by atomic mass is 9.78. The molecule has 0 spiro atoms. The Kier molecular flexibility index (Phi) is 6.79. The highest BCUT2D eigenvalue weighted by atomic mass is 19.1. The van der Waals surface area contributed by atoms with Crippen LogP contribution in [0.15, 0.2) is 40.2 Å². The molecule has 0 radical (unpaired) electrons. The van der Waals surface area contributed by atoms with Crippen LogP contribution in [-0.2, 0) is 0 Å². The van der Waals surface area contributed by atoms with E-state index in [-0.39, 0.29) is 34.2 Å². The molecule has 0 saturated heterocycles. The van der Waals surface area contributed by atoms with Crippen LogP contribution < -0.4 is 21.5 Å². The topological polar surface area (TPSA) is 125 Å². The van der Waals surface area contributed by atoms with Gasteiger partial charge in [-0.1, -0.05) is 19.8 Å². The van der Waals surface area contributed by atoms with Crippen molar-refractivity contribution in [1.29, 1.82) is 0 Å². The highest BCUT2D eigenvalue weighted by Crippen LogP contribution is 2.48. The molecule has 1 atom stereocenters. The van der Waals surface area contributed by atoms with Gasteiger partial charge in [-0.2, -0.15) is 0 Å². The molecule has 4 rings (SSSR count). The number of nitrogens with one attached hydrogen (secondary N) is 2. The Balaban J connectivity index is 1.67. The van der Waals surface area contributed by atoms with Crippen LogP contribution in [0.4, 0.5) is 21.5 Å². The van der Waals surface area contributed by atoms with Crippen LogP contribution in [0.5, 0.6) is 5.75 Å². The molecule has 1 fully saturated rings. The van der Waals surface area contributed by atoms with Gasteiger partial charge in [-0.15, -0.1) is 0 Å². The van der Waals surface area contributed by atoms with Crippen molar-refractivity contribution in [3.63, 3.8) is 0 Å². The number of nitrogens with zero attached hydrogens (tertiary/aromatic N) is 3. The van der Waals surface area contributed by atoms with Gasteiger partial charge in [0.2, 0.25) is 0 Å². The number of hydrogen-bond acceptors (Lipinski definition) is 8. The van der Waals surface area contributed by atoms with E-state index < -0.39 is 34.4 Å². The third-order valence-corrected chi connectivity index (χ3v) is 7.17. The Morgan fingerprint density at radius 1 is 1.11 bits per heavy atom. The number of aromatic nitrogens is 2. The first-order valence-corrected chi connectivity index (χ1v) is 12.0. The number of carbonyl (C=O) groups excluding carboxylic acids is 1. The number of anilines is 3. The lowest BCUT2D eigenvalue weighted by Crippen LogP contribution is -2.40. The zero-order valence-electron chi connectivity index (χ0n) is 20.8. The number of aromatic hydroxyl groups is 1. The summed E-state index contributed by atoms with van der Waals surface area (Å²) in [5.74, 6) is -1.37. The molecule has 10 heteroatoms. The molecule has 2 aromatic heterocycles. The van der Waals surface area contributed by atoms with Crippen molar-refractivity contribution >= 4 is 23.0 Å². The first-order valence-electron chi connectivity index (χ1n) is 12.0. The van der Waals surface area contributed by atoms with Gasteiger partial charge in [0.05, 0.1) is 23.6 Å². The van der Waals surface area contributed by atoms with Crippen LogP contribution in [0.3, 0.4) is 0 Å². The van der Waals surface area contributed by atoms with Crippen LogP contribution in [0.25, 0.3) is 0 Å². The summed E-state index contributed by atoms with van der Waals surface area (Å²) >= 11 is 0. The van der Waals surface area contributed by atoms with E-state index in [4.69, 9.17) is 0 Å². The molecule has 1 aliphatic carbocycles. The number of pyridine rings is 2. The number of halogens is 1.